The van der Waals surface area contributed by atoms with E-state index in [2.05, 4.69) is 10.0 Å². The molecule has 2 rings (SSSR count). The number of aliphatic carboxylic acids is 1. The molecule has 0 aliphatic carbocycles. The number of rotatable bonds is 6. The molecule has 2 aromatic rings. The number of carbonyl (C=O) groups is 1. The number of hydrogen-bond acceptors (Lipinski definition) is 4. The summed E-state index contributed by atoms with van der Waals surface area (Å²) in [5.74, 6) is -2.76. The van der Waals surface area contributed by atoms with E-state index in [1.807, 2.05) is 42.5 Å². The molecule has 0 saturated carbocycles. The fourth-order valence-electron chi connectivity index (χ4n) is 1.73. The van der Waals surface area contributed by atoms with E-state index in [-0.39, 0.29) is 0 Å². The summed E-state index contributed by atoms with van der Waals surface area (Å²) in [7, 11) is -3.28. The second-order valence-corrected chi connectivity index (χ2v) is 8.15. The quantitative estimate of drug-likeness (QED) is 0.657. The topological polar surface area (TPSA) is 95.5 Å². The van der Waals surface area contributed by atoms with Crippen LogP contribution in [0.2, 0.25) is 0 Å². The molecular formula is C18H21F3N2O4S. The molecule has 3 N–H and O–H groups in total. The number of sulfonamides is 1. The van der Waals surface area contributed by atoms with Gasteiger partial charge in [-0.15, -0.1) is 0 Å². The van der Waals surface area contributed by atoms with Gasteiger partial charge in [-0.1, -0.05) is 30.3 Å². The van der Waals surface area contributed by atoms with Crippen LogP contribution in [0, 0.1) is 0 Å². The van der Waals surface area contributed by atoms with Gasteiger partial charge in [0.25, 0.3) is 0 Å². The Morgan fingerprint density at radius 3 is 1.93 bits per heavy atom. The van der Waals surface area contributed by atoms with Crippen LogP contribution in [-0.2, 0) is 21.4 Å². The van der Waals surface area contributed by atoms with Gasteiger partial charge in [-0.05, 0) is 43.7 Å². The second-order valence-electron chi connectivity index (χ2n) is 5.92. The molecule has 0 aliphatic rings. The third kappa shape index (κ3) is 8.30. The molecule has 0 saturated heterocycles. The summed E-state index contributed by atoms with van der Waals surface area (Å²) >= 11 is 0. The molecule has 28 heavy (non-hydrogen) atoms. The molecule has 0 aromatic heterocycles. The Labute approximate surface area is 161 Å². The molecule has 0 atom stereocenters. The lowest BCUT2D eigenvalue weighted by Gasteiger charge is -2.11. The maximum Gasteiger partial charge on any atom is 0.490 e. The Balaban J connectivity index is 0.000000480. The highest BCUT2D eigenvalue weighted by Gasteiger charge is 2.38. The Bertz CT molecular complexity index is 853. The molecule has 10 heteroatoms. The molecule has 0 unspecified atom stereocenters. The average Bonchev–Trinajstić information content (AvgIpc) is 2.61. The average molecular weight is 418 g/mol. The minimum absolute atomic E-state index is 0.447. The number of hydrogen-bond donors (Lipinski definition) is 3. The molecule has 6 nitrogen and oxygen atoms in total. The molecule has 0 fully saturated rings. The number of anilines is 2. The highest BCUT2D eigenvalue weighted by molar-refractivity contribution is 7.93. The number of para-hydroxylation sites is 1. The molecule has 0 heterocycles. The van der Waals surface area contributed by atoms with Crippen LogP contribution in [0.5, 0.6) is 0 Å². The predicted octanol–water partition coefficient (Wildman–Crippen LogP) is 4.08. The van der Waals surface area contributed by atoms with Crippen molar-refractivity contribution >= 4 is 27.4 Å². The van der Waals surface area contributed by atoms with Crippen LogP contribution in [0.3, 0.4) is 0 Å². The molecule has 0 radical (unpaired) electrons. The summed E-state index contributed by atoms with van der Waals surface area (Å²) < 4.78 is 57.9. The number of nitrogens with one attached hydrogen (secondary N) is 2. The van der Waals surface area contributed by atoms with Crippen LogP contribution in [-0.4, -0.2) is 30.9 Å². The Kier molecular flexibility index (Phi) is 8.30. The van der Waals surface area contributed by atoms with Crippen LogP contribution in [0.15, 0.2) is 54.6 Å². The summed E-state index contributed by atoms with van der Waals surface area (Å²) in [6, 6.07) is 17.3. The predicted molar refractivity (Wildman–Crippen MR) is 102 cm³/mol. The first-order valence-electron chi connectivity index (χ1n) is 8.11. The lowest BCUT2D eigenvalue weighted by atomic mass is 10.2. The van der Waals surface area contributed by atoms with E-state index in [0.717, 1.165) is 11.3 Å². The van der Waals surface area contributed by atoms with Gasteiger partial charge in [0.2, 0.25) is 10.0 Å². The van der Waals surface area contributed by atoms with Crippen molar-refractivity contribution in [3.05, 3.63) is 60.2 Å². The number of halogens is 3. The highest BCUT2D eigenvalue weighted by atomic mass is 32.2. The van der Waals surface area contributed by atoms with E-state index in [1.165, 1.54) is 0 Å². The van der Waals surface area contributed by atoms with Crippen LogP contribution < -0.4 is 10.0 Å². The first kappa shape index (κ1) is 23.3. The zero-order chi connectivity index (χ0) is 21.4. The van der Waals surface area contributed by atoms with Crippen LogP contribution in [0.1, 0.15) is 19.4 Å². The number of benzene rings is 2. The van der Waals surface area contributed by atoms with E-state index in [9.17, 15) is 21.6 Å². The van der Waals surface area contributed by atoms with Crippen molar-refractivity contribution in [3.8, 4) is 0 Å². The third-order valence-corrected chi connectivity index (χ3v) is 5.11. The van der Waals surface area contributed by atoms with Gasteiger partial charge in [-0.25, -0.2) is 13.2 Å². The van der Waals surface area contributed by atoms with Gasteiger partial charge in [-0.2, -0.15) is 13.2 Å². The van der Waals surface area contributed by atoms with Crippen molar-refractivity contribution < 1.29 is 31.5 Å². The van der Waals surface area contributed by atoms with E-state index < -0.39 is 27.4 Å². The highest BCUT2D eigenvalue weighted by Crippen LogP contribution is 2.15. The van der Waals surface area contributed by atoms with Crippen molar-refractivity contribution in [2.45, 2.75) is 31.8 Å². The molecular weight excluding hydrogens is 397 g/mol. The fraction of sp³-hybridized carbons (Fsp3) is 0.278. The fourth-order valence-corrected chi connectivity index (χ4v) is 2.43. The third-order valence-electron chi connectivity index (χ3n) is 3.35. The SMILES string of the molecule is CC(C)S(=O)(=O)Nc1ccc(CNc2ccccc2)cc1.O=C(O)C(F)(F)F. The molecule has 0 amide bonds. The van der Waals surface area contributed by atoms with E-state index in [4.69, 9.17) is 9.90 Å². The normalized spacial score (nSPS) is 11.4. The van der Waals surface area contributed by atoms with Crippen molar-refractivity contribution in [2.24, 2.45) is 0 Å². The summed E-state index contributed by atoms with van der Waals surface area (Å²) in [4.78, 5) is 8.90. The number of carboxylic acid groups (broad SMARTS) is 1. The standard InChI is InChI=1S/C16H20N2O2S.C2HF3O2/c1-13(2)21(19,20)18-16-10-8-14(9-11-16)12-17-15-6-4-3-5-7-15;3-2(4,5)1(6)7/h3-11,13,17-18H,12H2,1-2H3;(H,6,7). The summed E-state index contributed by atoms with van der Waals surface area (Å²) in [6.07, 6.45) is -5.08. The van der Waals surface area contributed by atoms with Crippen molar-refractivity contribution in [1.82, 2.24) is 0 Å². The van der Waals surface area contributed by atoms with Crippen molar-refractivity contribution in [1.29, 1.82) is 0 Å². The number of carboxylic acids is 1. The monoisotopic (exact) mass is 418 g/mol. The van der Waals surface area contributed by atoms with Crippen molar-refractivity contribution in [3.63, 3.8) is 0 Å². The van der Waals surface area contributed by atoms with Crippen LogP contribution in [0.4, 0.5) is 24.5 Å². The largest absolute Gasteiger partial charge is 0.490 e. The van der Waals surface area contributed by atoms with Gasteiger partial charge in [0.05, 0.1) is 5.25 Å². The Morgan fingerprint density at radius 2 is 1.50 bits per heavy atom. The smallest absolute Gasteiger partial charge is 0.475 e. The summed E-state index contributed by atoms with van der Waals surface area (Å²) in [5, 5.41) is 9.99. The maximum absolute atomic E-state index is 11.8. The van der Waals surface area contributed by atoms with Gasteiger partial charge >= 0.3 is 12.1 Å². The van der Waals surface area contributed by atoms with Gasteiger partial charge in [0.15, 0.2) is 0 Å². The van der Waals surface area contributed by atoms with E-state index >= 15 is 0 Å². The van der Waals surface area contributed by atoms with Gasteiger partial charge in [-0.3, -0.25) is 4.72 Å². The first-order valence-corrected chi connectivity index (χ1v) is 9.66. The molecule has 2 aromatic carbocycles. The van der Waals surface area contributed by atoms with Crippen LogP contribution >= 0.6 is 0 Å². The zero-order valence-electron chi connectivity index (χ0n) is 15.2. The summed E-state index contributed by atoms with van der Waals surface area (Å²) in [6.45, 7) is 4.00. The van der Waals surface area contributed by atoms with Gasteiger partial charge in [0, 0.05) is 17.9 Å². The first-order chi connectivity index (χ1) is 12.9. The Hall–Kier alpha value is -2.75. The molecule has 154 valence electrons. The minimum Gasteiger partial charge on any atom is -0.475 e. The summed E-state index contributed by atoms with van der Waals surface area (Å²) in [5.41, 5.74) is 2.74. The second kappa shape index (κ2) is 9.98. The number of alkyl halides is 3. The molecule has 0 bridgehead atoms. The Morgan fingerprint density at radius 1 is 1.00 bits per heavy atom. The molecule has 0 spiro atoms. The molecule has 0 aliphatic heterocycles. The van der Waals surface area contributed by atoms with Crippen molar-refractivity contribution in [2.75, 3.05) is 10.0 Å². The van der Waals surface area contributed by atoms with Gasteiger partial charge < -0.3 is 10.4 Å². The van der Waals surface area contributed by atoms with E-state index in [0.29, 0.717) is 12.2 Å². The van der Waals surface area contributed by atoms with E-state index in [1.54, 1.807) is 26.0 Å². The maximum atomic E-state index is 11.8. The van der Waals surface area contributed by atoms with Gasteiger partial charge in [0.1, 0.15) is 0 Å². The lowest BCUT2D eigenvalue weighted by molar-refractivity contribution is -0.192. The van der Waals surface area contributed by atoms with Crippen LogP contribution in [0.25, 0.3) is 0 Å². The lowest BCUT2D eigenvalue weighted by Crippen LogP contribution is -2.22. The minimum atomic E-state index is -5.08. The zero-order valence-corrected chi connectivity index (χ0v) is 16.0.